The molecule has 5 rings (SSSR count). The van der Waals surface area contributed by atoms with E-state index in [2.05, 4.69) is 36.2 Å². The number of imidazole rings is 1. The van der Waals surface area contributed by atoms with Crippen molar-refractivity contribution in [1.82, 2.24) is 14.9 Å². The number of carbonyl (C=O) groups is 1. The van der Waals surface area contributed by atoms with Gasteiger partial charge in [0.2, 0.25) is 0 Å². The number of hydrogen-bond donors (Lipinski definition) is 1. The minimum Gasteiger partial charge on any atom is -0.337 e. The van der Waals surface area contributed by atoms with Crippen LogP contribution in [0.2, 0.25) is 0 Å². The largest absolute Gasteiger partial charge is 0.337 e. The Balaban J connectivity index is 0.00000218. The number of hydrogen-bond acceptors (Lipinski definition) is 3. The van der Waals surface area contributed by atoms with E-state index in [0.29, 0.717) is 19.0 Å². The van der Waals surface area contributed by atoms with Crippen LogP contribution in [0.5, 0.6) is 0 Å². The van der Waals surface area contributed by atoms with Crippen molar-refractivity contribution in [1.29, 1.82) is 0 Å². The zero-order chi connectivity index (χ0) is 19.8. The molecule has 6 nitrogen and oxygen atoms in total. The Kier molecular flexibility index (Phi) is 6.14. The molecule has 1 aromatic carbocycles. The highest BCUT2D eigenvalue weighted by atomic mass is 35.5. The molecule has 3 heterocycles. The molecular formula is C23H30ClN5O. The smallest absolute Gasteiger partial charge is 0.331 e. The normalized spacial score (nSPS) is 21.2. The number of nitrogens with zero attached hydrogens (tertiary/aromatic N) is 4. The van der Waals surface area contributed by atoms with E-state index in [0.717, 1.165) is 36.0 Å². The SMILES string of the molecule is CCCN1C(=O)N2C[C@@H](Cc3ccccc3)N=C2c2[nH]c(C3CCCCC3)nc21.Cl. The number of nitrogens with one attached hydrogen (secondary N) is 1. The lowest BCUT2D eigenvalue weighted by molar-refractivity contribution is 0.226. The molecule has 0 saturated heterocycles. The van der Waals surface area contributed by atoms with Crippen molar-refractivity contribution in [2.75, 3.05) is 18.0 Å². The van der Waals surface area contributed by atoms with Gasteiger partial charge >= 0.3 is 6.03 Å². The zero-order valence-electron chi connectivity index (χ0n) is 17.5. The molecule has 160 valence electrons. The number of aromatic amines is 1. The Bertz CT molecular complexity index is 919. The number of halogens is 1. The number of carbonyl (C=O) groups excluding carboxylic acids is 1. The van der Waals surface area contributed by atoms with Gasteiger partial charge in [0, 0.05) is 12.5 Å². The van der Waals surface area contributed by atoms with Crippen molar-refractivity contribution < 1.29 is 4.79 Å². The van der Waals surface area contributed by atoms with E-state index in [4.69, 9.17) is 9.98 Å². The van der Waals surface area contributed by atoms with Gasteiger partial charge in [0.05, 0.1) is 12.6 Å². The number of aliphatic imine (C=N–C) groups is 1. The van der Waals surface area contributed by atoms with E-state index in [1.54, 1.807) is 0 Å². The fourth-order valence-electron chi connectivity index (χ4n) is 4.91. The molecule has 7 heteroatoms. The minimum absolute atomic E-state index is 0. The summed E-state index contributed by atoms with van der Waals surface area (Å²) in [6.07, 6.45) is 7.96. The van der Waals surface area contributed by atoms with Crippen LogP contribution in [-0.4, -0.2) is 45.9 Å². The van der Waals surface area contributed by atoms with Crippen LogP contribution in [0.1, 0.15) is 68.4 Å². The average molecular weight is 428 g/mol. The summed E-state index contributed by atoms with van der Waals surface area (Å²) in [7, 11) is 0. The van der Waals surface area contributed by atoms with Crippen LogP contribution < -0.4 is 4.90 Å². The summed E-state index contributed by atoms with van der Waals surface area (Å²) in [4.78, 5) is 30.5. The van der Waals surface area contributed by atoms with Crippen molar-refractivity contribution in [2.45, 2.75) is 63.8 Å². The number of amidine groups is 1. The summed E-state index contributed by atoms with van der Waals surface area (Å²) in [5.41, 5.74) is 2.20. The van der Waals surface area contributed by atoms with Crippen LogP contribution in [0.25, 0.3) is 0 Å². The number of benzene rings is 1. The van der Waals surface area contributed by atoms with Crippen LogP contribution in [0.4, 0.5) is 10.6 Å². The van der Waals surface area contributed by atoms with Crippen LogP contribution >= 0.6 is 12.4 Å². The second-order valence-corrected chi connectivity index (χ2v) is 8.50. The van der Waals surface area contributed by atoms with E-state index < -0.39 is 0 Å². The van der Waals surface area contributed by atoms with Crippen molar-refractivity contribution in [3.63, 3.8) is 0 Å². The van der Waals surface area contributed by atoms with Crippen molar-refractivity contribution in [3.05, 3.63) is 47.4 Å². The first-order valence-corrected chi connectivity index (χ1v) is 11.1. The Hall–Kier alpha value is -2.34. The molecule has 2 aromatic rings. The maximum absolute atomic E-state index is 13.3. The lowest BCUT2D eigenvalue weighted by Crippen LogP contribution is -2.50. The van der Waals surface area contributed by atoms with Gasteiger partial charge in [-0.2, -0.15) is 0 Å². The number of rotatable bonds is 5. The molecule has 0 bridgehead atoms. The maximum Gasteiger partial charge on any atom is 0.331 e. The average Bonchev–Trinajstić information content (AvgIpc) is 3.37. The molecule has 1 aliphatic carbocycles. The van der Waals surface area contributed by atoms with E-state index in [-0.39, 0.29) is 24.5 Å². The molecule has 0 unspecified atom stereocenters. The summed E-state index contributed by atoms with van der Waals surface area (Å²) in [5, 5.41) is 0. The molecule has 0 radical (unpaired) electrons. The first kappa shape index (κ1) is 20.9. The summed E-state index contributed by atoms with van der Waals surface area (Å²) in [6, 6.07) is 10.5. The van der Waals surface area contributed by atoms with Crippen LogP contribution in [0.3, 0.4) is 0 Å². The predicted octanol–water partition coefficient (Wildman–Crippen LogP) is 4.90. The van der Waals surface area contributed by atoms with Gasteiger partial charge in [0.15, 0.2) is 11.7 Å². The lowest BCUT2D eigenvalue weighted by atomic mass is 9.89. The minimum atomic E-state index is 0. The van der Waals surface area contributed by atoms with E-state index in [1.807, 2.05) is 15.9 Å². The summed E-state index contributed by atoms with van der Waals surface area (Å²) in [5.74, 6) is 3.09. The van der Waals surface area contributed by atoms with Crippen molar-refractivity contribution in [2.24, 2.45) is 4.99 Å². The molecule has 1 N–H and O–H groups in total. The highest BCUT2D eigenvalue weighted by molar-refractivity contribution is 6.18. The summed E-state index contributed by atoms with van der Waals surface area (Å²) in [6.45, 7) is 3.43. The van der Waals surface area contributed by atoms with Gasteiger partial charge in [-0.1, -0.05) is 56.5 Å². The van der Waals surface area contributed by atoms with E-state index >= 15 is 0 Å². The van der Waals surface area contributed by atoms with Gasteiger partial charge in [0.25, 0.3) is 0 Å². The molecule has 30 heavy (non-hydrogen) atoms. The Morgan fingerprint density at radius 2 is 1.90 bits per heavy atom. The van der Waals surface area contributed by atoms with Crippen molar-refractivity contribution in [3.8, 4) is 0 Å². The first-order chi connectivity index (χ1) is 14.2. The molecule has 2 amide bonds. The molecule has 0 spiro atoms. The van der Waals surface area contributed by atoms with Gasteiger partial charge in [-0.15, -0.1) is 12.4 Å². The second kappa shape index (κ2) is 8.80. The predicted molar refractivity (Wildman–Crippen MR) is 122 cm³/mol. The molecule has 1 fully saturated rings. The third-order valence-electron chi connectivity index (χ3n) is 6.35. The van der Waals surface area contributed by atoms with Gasteiger partial charge in [0.1, 0.15) is 11.5 Å². The molecule has 2 aliphatic heterocycles. The van der Waals surface area contributed by atoms with Gasteiger partial charge in [-0.25, -0.2) is 9.78 Å². The molecular weight excluding hydrogens is 398 g/mol. The lowest BCUT2D eigenvalue weighted by Gasteiger charge is -2.32. The van der Waals surface area contributed by atoms with Gasteiger partial charge in [-0.05, 0) is 31.2 Å². The Morgan fingerprint density at radius 1 is 1.13 bits per heavy atom. The third-order valence-corrected chi connectivity index (χ3v) is 6.35. The number of anilines is 1. The van der Waals surface area contributed by atoms with Crippen molar-refractivity contribution >= 4 is 30.1 Å². The van der Waals surface area contributed by atoms with Gasteiger partial charge in [-0.3, -0.25) is 14.8 Å². The monoisotopic (exact) mass is 427 g/mol. The standard InChI is InChI=1S/C23H29N5O.ClH/c1-2-13-27-22-19(25-20(26-22)17-11-7-4-8-12-17)21-24-18(15-28(21)23(27)29)14-16-9-5-3-6-10-16;/h3,5-6,9-10,17-18H,2,4,7-8,11-15H2,1H3,(H,25,26);1H/t18-;/m1./s1. The Morgan fingerprint density at radius 3 is 2.63 bits per heavy atom. The summed E-state index contributed by atoms with van der Waals surface area (Å²) >= 11 is 0. The topological polar surface area (TPSA) is 64.6 Å². The molecule has 1 saturated carbocycles. The van der Waals surface area contributed by atoms with Gasteiger partial charge < -0.3 is 4.98 Å². The fourth-order valence-corrected chi connectivity index (χ4v) is 4.91. The number of fused-ring (bicyclic) bond motifs is 3. The quantitative estimate of drug-likeness (QED) is 0.737. The van der Waals surface area contributed by atoms with Crippen LogP contribution in [0, 0.1) is 0 Å². The maximum atomic E-state index is 13.3. The van der Waals surface area contributed by atoms with E-state index in [9.17, 15) is 4.79 Å². The number of amides is 2. The van der Waals surface area contributed by atoms with Crippen LogP contribution in [-0.2, 0) is 6.42 Å². The highest BCUT2D eigenvalue weighted by Crippen LogP contribution is 2.36. The third kappa shape index (κ3) is 3.73. The molecule has 3 aliphatic rings. The second-order valence-electron chi connectivity index (χ2n) is 8.50. The number of aromatic nitrogens is 2. The molecule has 1 atom stereocenters. The molecule has 1 aromatic heterocycles. The number of urea groups is 1. The Labute approximate surface area is 184 Å². The van der Waals surface area contributed by atoms with E-state index in [1.165, 1.54) is 37.7 Å². The zero-order valence-corrected chi connectivity index (χ0v) is 18.3. The summed E-state index contributed by atoms with van der Waals surface area (Å²) < 4.78 is 0. The fraction of sp³-hybridized carbons (Fsp3) is 0.522. The highest BCUT2D eigenvalue weighted by Gasteiger charge is 2.42. The number of H-pyrrole nitrogens is 1. The first-order valence-electron chi connectivity index (χ1n) is 11.1. The van der Waals surface area contributed by atoms with Crippen LogP contribution in [0.15, 0.2) is 35.3 Å².